The molecule has 0 bridgehead atoms. The van der Waals surface area contributed by atoms with Crippen molar-refractivity contribution in [1.82, 2.24) is 19.9 Å². The molecule has 8 nitrogen and oxygen atoms in total. The van der Waals surface area contributed by atoms with E-state index in [4.69, 9.17) is 4.98 Å². The molecule has 1 unspecified atom stereocenters. The van der Waals surface area contributed by atoms with Crippen molar-refractivity contribution in [3.63, 3.8) is 0 Å². The molecule has 198 valence electrons. The van der Waals surface area contributed by atoms with Crippen molar-refractivity contribution in [3.05, 3.63) is 76.2 Å². The second-order valence-electron chi connectivity index (χ2n) is 10.3. The molecule has 0 aliphatic carbocycles. The van der Waals surface area contributed by atoms with E-state index in [0.29, 0.717) is 29.5 Å². The predicted octanol–water partition coefficient (Wildman–Crippen LogP) is 4.31. The van der Waals surface area contributed by atoms with E-state index in [1.165, 1.54) is 5.69 Å². The lowest BCUT2D eigenvalue weighted by molar-refractivity contribution is 0.209. The molecule has 0 amide bonds. The number of aromatic amines is 2. The summed E-state index contributed by atoms with van der Waals surface area (Å²) in [4.78, 5) is 33.5. The van der Waals surface area contributed by atoms with E-state index in [9.17, 15) is 9.90 Å². The summed E-state index contributed by atoms with van der Waals surface area (Å²) in [6, 6.07) is 16.6. The van der Waals surface area contributed by atoms with Crippen LogP contribution in [0, 0.1) is 12.8 Å². The van der Waals surface area contributed by atoms with Crippen LogP contribution in [0.15, 0.2) is 64.5 Å². The van der Waals surface area contributed by atoms with Gasteiger partial charge in [-0.2, -0.15) is 0 Å². The van der Waals surface area contributed by atoms with Crippen LogP contribution in [-0.2, 0) is 6.42 Å². The number of nitrogens with zero attached hydrogens (tertiary/aromatic N) is 4. The molecule has 38 heavy (non-hydrogen) atoms. The molecule has 0 saturated carbocycles. The first-order valence-electron chi connectivity index (χ1n) is 13.3. The third-order valence-electron chi connectivity index (χ3n) is 7.35. The quantitative estimate of drug-likeness (QED) is 0.306. The summed E-state index contributed by atoms with van der Waals surface area (Å²) in [7, 11) is 0. The van der Waals surface area contributed by atoms with Gasteiger partial charge in [-0.3, -0.25) is 14.7 Å². The molecule has 8 heteroatoms. The minimum atomic E-state index is -0.259. The monoisotopic (exact) mass is 512 g/mol. The number of rotatable bonds is 8. The second-order valence-corrected chi connectivity index (χ2v) is 10.3. The van der Waals surface area contributed by atoms with E-state index in [2.05, 4.69) is 57.7 Å². The number of fused-ring (bicyclic) bond motifs is 1. The lowest BCUT2D eigenvalue weighted by Gasteiger charge is -2.38. The summed E-state index contributed by atoms with van der Waals surface area (Å²) in [5.74, 6) is 0.323. The van der Waals surface area contributed by atoms with Gasteiger partial charge in [-0.15, -0.1) is 0 Å². The summed E-state index contributed by atoms with van der Waals surface area (Å²) < 4.78 is 0. The highest BCUT2D eigenvalue weighted by molar-refractivity contribution is 5.87. The minimum absolute atomic E-state index is 0.0328. The highest BCUT2D eigenvalue weighted by atomic mass is 16.3. The Balaban J connectivity index is 1.43. The van der Waals surface area contributed by atoms with Gasteiger partial charge < -0.3 is 20.0 Å². The number of aromatic nitrogens is 3. The van der Waals surface area contributed by atoms with Crippen LogP contribution in [0.4, 0.5) is 11.4 Å². The first kappa shape index (κ1) is 25.9. The maximum absolute atomic E-state index is 13.0. The normalized spacial score (nSPS) is 15.7. The Bertz CT molecular complexity index is 1470. The maximum Gasteiger partial charge on any atom is 0.261 e. The number of imidazole rings is 1. The number of aryl methyl sites for hydroxylation is 1. The van der Waals surface area contributed by atoms with Gasteiger partial charge in [0.15, 0.2) is 0 Å². The summed E-state index contributed by atoms with van der Waals surface area (Å²) in [6.07, 6.45) is 3.98. The van der Waals surface area contributed by atoms with Crippen LogP contribution in [0.25, 0.3) is 22.4 Å². The minimum Gasteiger partial charge on any atom is -0.396 e. The third-order valence-corrected chi connectivity index (χ3v) is 7.35. The number of aliphatic hydroxyl groups excluding tert-OH is 1. The summed E-state index contributed by atoms with van der Waals surface area (Å²) >= 11 is 0. The van der Waals surface area contributed by atoms with Crippen molar-refractivity contribution in [2.75, 3.05) is 37.7 Å². The zero-order valence-corrected chi connectivity index (χ0v) is 22.3. The molecular weight excluding hydrogens is 476 g/mol. The van der Waals surface area contributed by atoms with Gasteiger partial charge in [-0.05, 0) is 56.5 Å². The molecule has 3 heterocycles. The van der Waals surface area contributed by atoms with Gasteiger partial charge in [-0.25, -0.2) is 4.98 Å². The van der Waals surface area contributed by atoms with Crippen LogP contribution in [-0.4, -0.2) is 70.0 Å². The van der Waals surface area contributed by atoms with E-state index in [0.717, 1.165) is 48.3 Å². The number of nitrogens with one attached hydrogen (secondary N) is 2. The van der Waals surface area contributed by atoms with Crippen molar-refractivity contribution < 1.29 is 5.11 Å². The molecule has 1 atom stereocenters. The van der Waals surface area contributed by atoms with Gasteiger partial charge >= 0.3 is 0 Å². The summed E-state index contributed by atoms with van der Waals surface area (Å²) in [5, 5.41) is 9.92. The van der Waals surface area contributed by atoms with Gasteiger partial charge in [0.2, 0.25) is 0 Å². The van der Waals surface area contributed by atoms with Crippen LogP contribution in [0.1, 0.15) is 25.0 Å². The van der Waals surface area contributed by atoms with Gasteiger partial charge in [0.05, 0.1) is 23.3 Å². The first-order chi connectivity index (χ1) is 18.4. The Labute approximate surface area is 223 Å². The fraction of sp³-hybridized carbons (Fsp3) is 0.367. The number of hydrogen-bond donors (Lipinski definition) is 3. The van der Waals surface area contributed by atoms with Crippen molar-refractivity contribution in [2.45, 2.75) is 33.2 Å². The number of aliphatic hydroxyl groups is 1. The van der Waals surface area contributed by atoms with Crippen molar-refractivity contribution in [3.8, 4) is 11.4 Å². The van der Waals surface area contributed by atoms with Gasteiger partial charge in [0, 0.05) is 56.2 Å². The number of hydrogen-bond acceptors (Lipinski definition) is 6. The number of benzene rings is 2. The molecule has 2 aromatic carbocycles. The highest BCUT2D eigenvalue weighted by Gasteiger charge is 2.21. The number of H-pyrrole nitrogens is 2. The fourth-order valence-electron chi connectivity index (χ4n) is 5.14. The van der Waals surface area contributed by atoms with Gasteiger partial charge in [0.1, 0.15) is 11.4 Å². The Morgan fingerprint density at radius 1 is 1.11 bits per heavy atom. The van der Waals surface area contributed by atoms with E-state index < -0.39 is 0 Å². The Kier molecular flexibility index (Phi) is 7.72. The van der Waals surface area contributed by atoms with E-state index in [1.54, 1.807) is 18.5 Å². The molecule has 1 saturated heterocycles. The average Bonchev–Trinajstić information content (AvgIpc) is 3.36. The Morgan fingerprint density at radius 2 is 1.87 bits per heavy atom. The Hall–Kier alpha value is -3.75. The molecule has 0 radical (unpaired) electrons. The molecule has 3 N–H and O–H groups in total. The Morgan fingerprint density at radius 3 is 2.58 bits per heavy atom. The molecule has 1 fully saturated rings. The van der Waals surface area contributed by atoms with E-state index in [-0.39, 0.29) is 18.1 Å². The molecule has 5 rings (SSSR count). The maximum atomic E-state index is 13.0. The van der Waals surface area contributed by atoms with Crippen molar-refractivity contribution in [2.24, 2.45) is 10.9 Å². The van der Waals surface area contributed by atoms with Crippen LogP contribution in [0.2, 0.25) is 0 Å². The average molecular weight is 513 g/mol. The van der Waals surface area contributed by atoms with Crippen molar-refractivity contribution >= 4 is 28.6 Å². The third kappa shape index (κ3) is 5.56. The van der Waals surface area contributed by atoms with Gasteiger partial charge in [0.25, 0.3) is 5.56 Å². The lowest BCUT2D eigenvalue weighted by atomic mass is 10.0. The molecule has 1 aliphatic rings. The molecule has 0 spiro atoms. The molecule has 4 aromatic rings. The summed E-state index contributed by atoms with van der Waals surface area (Å²) in [5.41, 5.74) is 5.75. The number of piperazine rings is 1. The summed E-state index contributed by atoms with van der Waals surface area (Å²) in [6.45, 7) is 10.6. The first-order valence-corrected chi connectivity index (χ1v) is 13.3. The SMILES string of the molecule is Cc1cc(N2CCN(C(C)C)CC2)cc2[nH]c(-c3c(N=CC(CO)Cc4ccccc4)cc[nH]c3=O)nc12. The number of anilines is 1. The second kappa shape index (κ2) is 11.3. The topological polar surface area (TPSA) is 101 Å². The van der Waals surface area contributed by atoms with E-state index >= 15 is 0 Å². The molecule has 1 aliphatic heterocycles. The van der Waals surface area contributed by atoms with Gasteiger partial charge in [-0.1, -0.05) is 30.3 Å². The van der Waals surface area contributed by atoms with E-state index in [1.807, 2.05) is 30.3 Å². The zero-order valence-electron chi connectivity index (χ0n) is 22.3. The molecular formula is C30H36N6O2. The van der Waals surface area contributed by atoms with Crippen LogP contribution in [0.3, 0.4) is 0 Å². The fourth-order valence-corrected chi connectivity index (χ4v) is 5.14. The largest absolute Gasteiger partial charge is 0.396 e. The predicted molar refractivity (Wildman–Crippen MR) is 155 cm³/mol. The molecule has 2 aromatic heterocycles. The van der Waals surface area contributed by atoms with Crippen LogP contribution < -0.4 is 10.5 Å². The zero-order chi connectivity index (χ0) is 26.6. The highest BCUT2D eigenvalue weighted by Crippen LogP contribution is 2.30. The lowest BCUT2D eigenvalue weighted by Crippen LogP contribution is -2.48. The standard InChI is InChI=1S/C30H36N6O2/c1-20(2)35-11-13-36(14-12-35)24-15-21(3)28-26(17-24)33-29(34-28)27-25(9-10-31-30(27)38)32-18-23(19-37)16-22-7-5-4-6-8-22/h4-10,15,17-18,20,23,37H,11-14,16,19H2,1-3H3,(H,31,38)(H,33,34). The number of pyridine rings is 1. The van der Waals surface area contributed by atoms with Crippen LogP contribution in [0.5, 0.6) is 0 Å². The van der Waals surface area contributed by atoms with Crippen LogP contribution >= 0.6 is 0 Å². The van der Waals surface area contributed by atoms with Crippen molar-refractivity contribution in [1.29, 1.82) is 0 Å². The number of aliphatic imine (C=N–C) groups is 1. The smallest absolute Gasteiger partial charge is 0.261 e.